The maximum atomic E-state index is 12.6. The Morgan fingerprint density at radius 3 is 2.31 bits per heavy atom. The Balaban J connectivity index is 1.62. The molecule has 3 aromatic rings. The molecule has 0 amide bonds. The zero-order valence-corrected chi connectivity index (χ0v) is 17.1. The van der Waals surface area contributed by atoms with E-state index >= 15 is 0 Å². The molecular formula is C24H23ClO4. The first-order valence-corrected chi connectivity index (χ1v) is 9.80. The van der Waals surface area contributed by atoms with E-state index in [9.17, 15) is 4.79 Å². The topological polar surface area (TPSA) is 44.8 Å². The number of para-hydroxylation sites is 2. The predicted octanol–water partition coefficient (Wildman–Crippen LogP) is 6.28. The van der Waals surface area contributed by atoms with Crippen molar-refractivity contribution in [2.75, 3.05) is 0 Å². The molecule has 0 heterocycles. The second-order valence-corrected chi connectivity index (χ2v) is 7.29. The maximum Gasteiger partial charge on any atom is 0.347 e. The predicted molar refractivity (Wildman–Crippen MR) is 113 cm³/mol. The minimum Gasteiger partial charge on any atom is -0.477 e. The van der Waals surface area contributed by atoms with Gasteiger partial charge in [-0.25, -0.2) is 4.79 Å². The molecule has 0 spiro atoms. The molecule has 5 heteroatoms. The van der Waals surface area contributed by atoms with Gasteiger partial charge < -0.3 is 14.2 Å². The number of carbonyl (C=O) groups excluding carboxylic acids is 1. The summed E-state index contributed by atoms with van der Waals surface area (Å²) in [6.07, 6.45) is -0.751. The summed E-state index contributed by atoms with van der Waals surface area (Å²) in [4.78, 5) is 12.6. The minimum absolute atomic E-state index is 0.0773. The third kappa shape index (κ3) is 6.00. The summed E-state index contributed by atoms with van der Waals surface area (Å²) in [7, 11) is 0. The second kappa shape index (κ2) is 9.99. The number of halogens is 1. The molecule has 0 saturated heterocycles. The van der Waals surface area contributed by atoms with Crippen LogP contribution in [0.1, 0.15) is 19.4 Å². The first-order chi connectivity index (χ1) is 14.0. The van der Waals surface area contributed by atoms with E-state index in [1.165, 1.54) is 0 Å². The van der Waals surface area contributed by atoms with Crippen molar-refractivity contribution in [1.82, 2.24) is 0 Å². The van der Waals surface area contributed by atoms with Crippen LogP contribution in [-0.4, -0.2) is 12.1 Å². The van der Waals surface area contributed by atoms with Crippen LogP contribution in [0.3, 0.4) is 0 Å². The van der Waals surface area contributed by atoms with E-state index in [4.69, 9.17) is 25.8 Å². The molecule has 4 nitrogen and oxygen atoms in total. The summed E-state index contributed by atoms with van der Waals surface area (Å²) in [5.74, 6) is 1.37. The van der Waals surface area contributed by atoms with Crippen molar-refractivity contribution in [3.05, 3.63) is 89.4 Å². The summed E-state index contributed by atoms with van der Waals surface area (Å²) in [5.41, 5.74) is 0.826. The fourth-order valence-corrected chi connectivity index (χ4v) is 2.87. The van der Waals surface area contributed by atoms with E-state index in [2.05, 4.69) is 0 Å². The van der Waals surface area contributed by atoms with Crippen molar-refractivity contribution in [3.8, 4) is 17.2 Å². The van der Waals surface area contributed by atoms with Crippen LogP contribution in [0.5, 0.6) is 17.2 Å². The number of rotatable bonds is 8. The number of ether oxygens (including phenoxy) is 3. The minimum atomic E-state index is -0.751. The van der Waals surface area contributed by atoms with Gasteiger partial charge in [0.25, 0.3) is 0 Å². The highest BCUT2D eigenvalue weighted by Crippen LogP contribution is 2.26. The number of hydrogen-bond acceptors (Lipinski definition) is 4. The van der Waals surface area contributed by atoms with Gasteiger partial charge in [-0.15, -0.1) is 0 Å². The molecule has 150 valence electrons. The molecule has 3 rings (SSSR count). The number of carbonyl (C=O) groups is 1. The number of hydrogen-bond donors (Lipinski definition) is 0. The molecule has 1 atom stereocenters. The van der Waals surface area contributed by atoms with Crippen LogP contribution >= 0.6 is 11.6 Å². The van der Waals surface area contributed by atoms with Crippen molar-refractivity contribution in [2.24, 2.45) is 5.92 Å². The molecule has 0 N–H and O–H groups in total. The zero-order chi connectivity index (χ0) is 20.6. The Bertz CT molecular complexity index is 940. The Morgan fingerprint density at radius 2 is 1.59 bits per heavy atom. The van der Waals surface area contributed by atoms with E-state index in [0.717, 1.165) is 11.3 Å². The van der Waals surface area contributed by atoms with Gasteiger partial charge in [0.1, 0.15) is 23.9 Å². The molecule has 0 bridgehead atoms. The van der Waals surface area contributed by atoms with Gasteiger partial charge in [-0.3, -0.25) is 0 Å². The molecule has 0 aliphatic rings. The monoisotopic (exact) mass is 410 g/mol. The first kappa shape index (κ1) is 20.7. The molecule has 0 aliphatic heterocycles. The van der Waals surface area contributed by atoms with Crippen LogP contribution in [-0.2, 0) is 16.1 Å². The molecule has 0 aromatic heterocycles. The van der Waals surface area contributed by atoms with E-state index < -0.39 is 12.1 Å². The smallest absolute Gasteiger partial charge is 0.347 e. The third-order valence-corrected chi connectivity index (χ3v) is 4.50. The molecule has 0 radical (unpaired) electrons. The van der Waals surface area contributed by atoms with Gasteiger partial charge in [-0.05, 0) is 42.0 Å². The van der Waals surface area contributed by atoms with Crippen LogP contribution in [0.4, 0.5) is 0 Å². The fraction of sp³-hybridized carbons (Fsp3) is 0.208. The Morgan fingerprint density at radius 1 is 0.897 bits per heavy atom. The van der Waals surface area contributed by atoms with Gasteiger partial charge in [0.15, 0.2) is 6.10 Å². The average molecular weight is 411 g/mol. The van der Waals surface area contributed by atoms with Gasteiger partial charge in [-0.2, -0.15) is 0 Å². The Labute approximate surface area is 176 Å². The summed E-state index contributed by atoms with van der Waals surface area (Å²) >= 11 is 6.14. The van der Waals surface area contributed by atoms with Crippen LogP contribution in [0.2, 0.25) is 5.02 Å². The quantitative estimate of drug-likeness (QED) is 0.410. The molecule has 3 aromatic carbocycles. The molecular weight excluding hydrogens is 388 g/mol. The van der Waals surface area contributed by atoms with Crippen molar-refractivity contribution < 1.29 is 19.0 Å². The molecule has 0 saturated carbocycles. The number of esters is 1. The third-order valence-electron chi connectivity index (χ3n) is 4.19. The van der Waals surface area contributed by atoms with E-state index in [1.54, 1.807) is 12.1 Å². The van der Waals surface area contributed by atoms with Crippen LogP contribution in [0.15, 0.2) is 78.9 Å². The number of benzene rings is 3. The van der Waals surface area contributed by atoms with Gasteiger partial charge in [-0.1, -0.05) is 67.9 Å². The lowest BCUT2D eigenvalue weighted by Crippen LogP contribution is -2.34. The lowest BCUT2D eigenvalue weighted by molar-refractivity contribution is -0.155. The average Bonchev–Trinajstić information content (AvgIpc) is 2.72. The van der Waals surface area contributed by atoms with E-state index in [1.807, 2.05) is 80.6 Å². The van der Waals surface area contributed by atoms with Crippen molar-refractivity contribution in [2.45, 2.75) is 26.6 Å². The lowest BCUT2D eigenvalue weighted by atomic mass is 10.1. The van der Waals surface area contributed by atoms with Gasteiger partial charge >= 0.3 is 5.97 Å². The largest absolute Gasteiger partial charge is 0.477 e. The van der Waals surface area contributed by atoms with Gasteiger partial charge in [0.05, 0.1) is 5.02 Å². The highest BCUT2D eigenvalue weighted by molar-refractivity contribution is 6.32. The van der Waals surface area contributed by atoms with Crippen LogP contribution in [0, 0.1) is 5.92 Å². The molecule has 0 fully saturated rings. The fourth-order valence-electron chi connectivity index (χ4n) is 2.69. The standard InChI is InChI=1S/C24H23ClO4/c1-17(2)23(29-22-14-7-6-13-21(22)25)24(26)27-16-18-9-8-12-20(15-18)28-19-10-4-3-5-11-19/h3-15,17,23H,16H2,1-2H3. The summed E-state index contributed by atoms with van der Waals surface area (Å²) in [6.45, 7) is 3.92. The normalized spacial score (nSPS) is 11.7. The summed E-state index contributed by atoms with van der Waals surface area (Å²) in [6, 6.07) is 24.0. The van der Waals surface area contributed by atoms with Crippen molar-refractivity contribution in [1.29, 1.82) is 0 Å². The van der Waals surface area contributed by atoms with Crippen molar-refractivity contribution >= 4 is 17.6 Å². The van der Waals surface area contributed by atoms with Crippen LogP contribution < -0.4 is 9.47 Å². The molecule has 29 heavy (non-hydrogen) atoms. The van der Waals surface area contributed by atoms with E-state index in [-0.39, 0.29) is 12.5 Å². The lowest BCUT2D eigenvalue weighted by Gasteiger charge is -2.21. The SMILES string of the molecule is CC(C)C(Oc1ccccc1Cl)C(=O)OCc1cccc(Oc2ccccc2)c1. The molecule has 1 unspecified atom stereocenters. The van der Waals surface area contributed by atoms with E-state index in [0.29, 0.717) is 16.5 Å². The highest BCUT2D eigenvalue weighted by atomic mass is 35.5. The Kier molecular flexibility index (Phi) is 7.14. The van der Waals surface area contributed by atoms with Crippen LogP contribution in [0.25, 0.3) is 0 Å². The van der Waals surface area contributed by atoms with Gasteiger partial charge in [0.2, 0.25) is 0 Å². The Hall–Kier alpha value is -2.98. The summed E-state index contributed by atoms with van der Waals surface area (Å²) in [5, 5.41) is 0.455. The molecule has 0 aliphatic carbocycles. The maximum absolute atomic E-state index is 12.6. The van der Waals surface area contributed by atoms with Gasteiger partial charge in [0, 0.05) is 5.92 Å². The highest BCUT2D eigenvalue weighted by Gasteiger charge is 2.26. The second-order valence-electron chi connectivity index (χ2n) is 6.88. The summed E-state index contributed by atoms with van der Waals surface area (Å²) < 4.78 is 17.2. The van der Waals surface area contributed by atoms with Crippen molar-refractivity contribution in [3.63, 3.8) is 0 Å². The first-order valence-electron chi connectivity index (χ1n) is 9.42. The zero-order valence-electron chi connectivity index (χ0n) is 16.4.